The summed E-state index contributed by atoms with van der Waals surface area (Å²) in [6.45, 7) is 13.4. The minimum absolute atomic E-state index is 0.00293. The van der Waals surface area contributed by atoms with Gasteiger partial charge in [0, 0.05) is 30.4 Å². The molecule has 0 aliphatic heterocycles. The summed E-state index contributed by atoms with van der Waals surface area (Å²) in [6, 6.07) is 8.85. The molecule has 0 saturated heterocycles. The molecule has 0 N–H and O–H groups in total. The van der Waals surface area contributed by atoms with Crippen molar-refractivity contribution in [2.75, 3.05) is 6.61 Å². The van der Waals surface area contributed by atoms with E-state index in [2.05, 4.69) is 26.3 Å². The number of carbonyl (C=O) groups excluding carboxylic acids is 4. The molecule has 0 bridgehead atoms. The van der Waals surface area contributed by atoms with Gasteiger partial charge in [-0.05, 0) is 35.9 Å². The summed E-state index contributed by atoms with van der Waals surface area (Å²) in [6.07, 6.45) is 7.20. The third kappa shape index (κ3) is 8.31. The molecule has 2 aromatic carbocycles. The molecule has 0 saturated carbocycles. The van der Waals surface area contributed by atoms with E-state index in [9.17, 15) is 19.2 Å². The first-order valence-electron chi connectivity index (χ1n) is 10.2. The van der Waals surface area contributed by atoms with Crippen LogP contribution in [0.3, 0.4) is 0 Å². The molecule has 0 aliphatic rings. The molecule has 36 heavy (non-hydrogen) atoms. The molecule has 0 atom stereocenters. The van der Waals surface area contributed by atoms with Crippen LogP contribution in [0.2, 0.25) is 0 Å². The van der Waals surface area contributed by atoms with Crippen molar-refractivity contribution in [2.24, 2.45) is 0 Å². The predicted octanol–water partition coefficient (Wildman–Crippen LogP) is 4.14. The van der Waals surface area contributed by atoms with Gasteiger partial charge in [0.05, 0.1) is 0 Å². The maximum absolute atomic E-state index is 11.6. The molecule has 9 heteroatoms. The van der Waals surface area contributed by atoms with Crippen LogP contribution in [0.25, 0.3) is 6.08 Å². The number of esters is 4. The van der Waals surface area contributed by atoms with Gasteiger partial charge in [-0.15, -0.1) is 0 Å². The van der Waals surface area contributed by atoms with Gasteiger partial charge in [0.25, 0.3) is 0 Å². The number of carbonyl (C=O) groups is 4. The number of hydrogen-bond acceptors (Lipinski definition) is 9. The average Bonchev–Trinajstić information content (AvgIpc) is 2.88. The van der Waals surface area contributed by atoms with Crippen molar-refractivity contribution in [3.8, 4) is 28.7 Å². The molecule has 0 aromatic heterocycles. The lowest BCUT2D eigenvalue weighted by Gasteiger charge is -2.11. The highest BCUT2D eigenvalue weighted by atomic mass is 16.6. The van der Waals surface area contributed by atoms with Gasteiger partial charge >= 0.3 is 23.9 Å². The summed E-state index contributed by atoms with van der Waals surface area (Å²) < 4.78 is 26.0. The van der Waals surface area contributed by atoms with E-state index in [1.165, 1.54) is 30.3 Å². The van der Waals surface area contributed by atoms with Crippen LogP contribution in [0.1, 0.15) is 5.56 Å². The fraction of sp³-hybridized carbons (Fsp3) is 0.0370. The normalized spacial score (nSPS) is 10.0. The molecule has 0 unspecified atom stereocenters. The lowest BCUT2D eigenvalue weighted by Crippen LogP contribution is -2.09. The monoisotopic (exact) mass is 490 g/mol. The Morgan fingerprint density at radius 3 is 1.56 bits per heavy atom. The van der Waals surface area contributed by atoms with Crippen LogP contribution in [0.15, 0.2) is 93.1 Å². The van der Waals surface area contributed by atoms with Gasteiger partial charge < -0.3 is 23.7 Å². The minimum atomic E-state index is -0.752. The SMILES string of the molecule is C=CC(=O)Oc1ccc(/C=C/COc2ccc(OC(=O)C=C)c(OC(=O)C=C)c2)cc1OC(=O)C=C. The van der Waals surface area contributed by atoms with E-state index in [1.54, 1.807) is 18.2 Å². The van der Waals surface area contributed by atoms with E-state index >= 15 is 0 Å². The summed E-state index contributed by atoms with van der Waals surface area (Å²) in [5.74, 6) is -2.62. The number of ether oxygens (including phenoxy) is 5. The summed E-state index contributed by atoms with van der Waals surface area (Å²) in [5, 5.41) is 0. The second-order valence-corrected chi connectivity index (χ2v) is 6.53. The maximum Gasteiger partial charge on any atom is 0.335 e. The van der Waals surface area contributed by atoms with E-state index in [4.69, 9.17) is 23.7 Å². The lowest BCUT2D eigenvalue weighted by molar-refractivity contribution is -0.131. The second kappa shape index (κ2) is 13.5. The minimum Gasteiger partial charge on any atom is -0.489 e. The summed E-state index contributed by atoms with van der Waals surface area (Å²) >= 11 is 0. The zero-order valence-electron chi connectivity index (χ0n) is 19.1. The highest BCUT2D eigenvalue weighted by molar-refractivity contribution is 5.87. The van der Waals surface area contributed by atoms with Crippen molar-refractivity contribution in [1.29, 1.82) is 0 Å². The molecular formula is C27H22O9. The Hall–Kier alpha value is -5.18. The smallest absolute Gasteiger partial charge is 0.335 e. The van der Waals surface area contributed by atoms with Crippen LogP contribution < -0.4 is 23.7 Å². The van der Waals surface area contributed by atoms with Crippen molar-refractivity contribution in [2.45, 2.75) is 0 Å². The van der Waals surface area contributed by atoms with E-state index in [1.807, 2.05) is 0 Å². The molecule has 2 rings (SSSR count). The third-order valence-corrected chi connectivity index (χ3v) is 4.05. The fourth-order valence-electron chi connectivity index (χ4n) is 2.46. The molecule has 0 aliphatic carbocycles. The van der Waals surface area contributed by atoms with Crippen LogP contribution in [-0.2, 0) is 19.2 Å². The van der Waals surface area contributed by atoms with Crippen molar-refractivity contribution in [1.82, 2.24) is 0 Å². The largest absolute Gasteiger partial charge is 0.489 e. The standard InChI is InChI=1S/C27H22O9/c1-5-24(28)33-20-13-11-18(16-22(20)35-26(30)7-3)10-9-15-32-19-12-14-21(34-25(29)6-2)23(17-19)36-27(31)8-4/h5-14,16-17H,1-4,15H2/b10-9+. The molecule has 0 heterocycles. The predicted molar refractivity (Wildman–Crippen MR) is 131 cm³/mol. The molecular weight excluding hydrogens is 468 g/mol. The van der Waals surface area contributed by atoms with Crippen molar-refractivity contribution in [3.63, 3.8) is 0 Å². The molecule has 2 aromatic rings. The van der Waals surface area contributed by atoms with Crippen LogP contribution in [-0.4, -0.2) is 30.5 Å². The quantitative estimate of drug-likeness (QED) is 0.246. The van der Waals surface area contributed by atoms with E-state index in [0.717, 1.165) is 24.3 Å². The number of hydrogen-bond donors (Lipinski definition) is 0. The highest BCUT2D eigenvalue weighted by Crippen LogP contribution is 2.32. The summed E-state index contributed by atoms with van der Waals surface area (Å²) in [5.41, 5.74) is 0.608. The molecule has 9 nitrogen and oxygen atoms in total. The first-order chi connectivity index (χ1) is 17.3. The van der Waals surface area contributed by atoms with Crippen molar-refractivity contribution < 1.29 is 42.9 Å². The van der Waals surface area contributed by atoms with Crippen LogP contribution >= 0.6 is 0 Å². The Morgan fingerprint density at radius 2 is 1.06 bits per heavy atom. The maximum atomic E-state index is 11.6. The van der Waals surface area contributed by atoms with E-state index in [-0.39, 0.29) is 29.6 Å². The summed E-state index contributed by atoms with van der Waals surface area (Å²) in [7, 11) is 0. The lowest BCUT2D eigenvalue weighted by atomic mass is 10.2. The zero-order chi connectivity index (χ0) is 26.5. The van der Waals surface area contributed by atoms with Gasteiger partial charge in [0.15, 0.2) is 23.0 Å². The average molecular weight is 490 g/mol. The van der Waals surface area contributed by atoms with Crippen molar-refractivity contribution in [3.05, 3.63) is 98.7 Å². The Bertz CT molecular complexity index is 1240. The molecule has 0 fully saturated rings. The van der Waals surface area contributed by atoms with Gasteiger partial charge in [0.2, 0.25) is 0 Å². The van der Waals surface area contributed by atoms with E-state index in [0.29, 0.717) is 11.3 Å². The first-order valence-corrected chi connectivity index (χ1v) is 10.2. The van der Waals surface area contributed by atoms with Gasteiger partial charge in [-0.2, -0.15) is 0 Å². The van der Waals surface area contributed by atoms with Gasteiger partial charge in [-0.3, -0.25) is 0 Å². The van der Waals surface area contributed by atoms with Crippen LogP contribution in [0.4, 0.5) is 0 Å². The second-order valence-electron chi connectivity index (χ2n) is 6.53. The fourth-order valence-corrected chi connectivity index (χ4v) is 2.46. The summed E-state index contributed by atoms with van der Waals surface area (Å²) in [4.78, 5) is 46.3. The molecule has 184 valence electrons. The zero-order valence-corrected chi connectivity index (χ0v) is 19.1. The Morgan fingerprint density at radius 1 is 0.611 bits per heavy atom. The molecule has 0 radical (unpaired) electrons. The molecule has 0 spiro atoms. The third-order valence-electron chi connectivity index (χ3n) is 4.05. The molecule has 0 amide bonds. The van der Waals surface area contributed by atoms with Gasteiger partial charge in [-0.1, -0.05) is 38.5 Å². The Balaban J connectivity index is 2.15. The van der Waals surface area contributed by atoms with Crippen molar-refractivity contribution >= 4 is 30.0 Å². The van der Waals surface area contributed by atoms with Crippen LogP contribution in [0, 0.1) is 0 Å². The van der Waals surface area contributed by atoms with Gasteiger partial charge in [-0.25, -0.2) is 19.2 Å². The Kier molecular flexibility index (Phi) is 10.2. The Labute approximate surface area is 207 Å². The van der Waals surface area contributed by atoms with Gasteiger partial charge in [0.1, 0.15) is 12.4 Å². The number of rotatable bonds is 12. The highest BCUT2D eigenvalue weighted by Gasteiger charge is 2.14. The van der Waals surface area contributed by atoms with Crippen LogP contribution in [0.5, 0.6) is 28.7 Å². The topological polar surface area (TPSA) is 114 Å². The first kappa shape index (κ1) is 27.1. The number of benzene rings is 2. The van der Waals surface area contributed by atoms with E-state index < -0.39 is 23.9 Å².